The summed E-state index contributed by atoms with van der Waals surface area (Å²) in [6, 6.07) is 0. The maximum absolute atomic E-state index is 11.5. The highest BCUT2D eigenvalue weighted by molar-refractivity contribution is 7.70. The highest BCUT2D eigenvalue weighted by atomic mass is 31.2. The summed E-state index contributed by atoms with van der Waals surface area (Å²) in [6.45, 7) is 8.33. The number of rotatable bonds is 12. The zero-order valence-corrected chi connectivity index (χ0v) is 17.6. The van der Waals surface area contributed by atoms with Crippen molar-refractivity contribution in [1.82, 2.24) is 0 Å². The van der Waals surface area contributed by atoms with Crippen molar-refractivity contribution in [3.05, 3.63) is 34.9 Å². The van der Waals surface area contributed by atoms with E-state index in [0.29, 0.717) is 12.8 Å². The number of allylic oxidation sites excluding steroid dienone is 6. The Labute approximate surface area is 152 Å². The molecular formula is C18H31O5P2-3. The van der Waals surface area contributed by atoms with Crippen molar-refractivity contribution in [2.75, 3.05) is 12.1 Å². The van der Waals surface area contributed by atoms with Crippen LogP contribution in [0, 0.1) is 0 Å². The predicted octanol–water partition coefficient (Wildman–Crippen LogP) is 3.70. The molecule has 0 aliphatic heterocycles. The fourth-order valence-electron chi connectivity index (χ4n) is 2.35. The molecule has 0 aliphatic rings. The highest BCUT2D eigenvalue weighted by Crippen LogP contribution is 2.47. The van der Waals surface area contributed by atoms with Crippen molar-refractivity contribution in [1.29, 1.82) is 0 Å². The quantitative estimate of drug-likeness (QED) is 0.288. The van der Waals surface area contributed by atoms with E-state index in [1.165, 1.54) is 16.7 Å². The molecule has 0 bridgehead atoms. The molecule has 0 aromatic rings. The Morgan fingerprint density at radius 1 is 0.800 bits per heavy atom. The van der Waals surface area contributed by atoms with Crippen molar-refractivity contribution in [2.45, 2.75) is 66.2 Å². The van der Waals surface area contributed by atoms with Crippen LogP contribution >= 0.6 is 15.0 Å². The molecule has 0 aliphatic carbocycles. The average molecular weight is 389 g/mol. The van der Waals surface area contributed by atoms with Gasteiger partial charge in [-0.25, -0.2) is 0 Å². The van der Waals surface area contributed by atoms with E-state index in [4.69, 9.17) is 0 Å². The lowest BCUT2D eigenvalue weighted by atomic mass is 10.1. The van der Waals surface area contributed by atoms with Crippen LogP contribution in [0.4, 0.5) is 0 Å². The lowest BCUT2D eigenvalue weighted by molar-refractivity contribution is -0.312. The van der Waals surface area contributed by atoms with Gasteiger partial charge in [-0.15, -0.1) is 0 Å². The van der Waals surface area contributed by atoms with Crippen molar-refractivity contribution >= 4 is 15.0 Å². The van der Waals surface area contributed by atoms with Crippen LogP contribution in [0.15, 0.2) is 34.9 Å². The summed E-state index contributed by atoms with van der Waals surface area (Å²) in [7, 11) is -9.10. The first-order valence-electron chi connectivity index (χ1n) is 8.66. The Hall–Kier alpha value is -0.440. The molecule has 5 nitrogen and oxygen atoms in total. The van der Waals surface area contributed by atoms with Gasteiger partial charge in [-0.2, -0.15) is 0 Å². The SMILES string of the molecule is CC(C)=CCC/C(C)=C/CC/C(C)=C/CCCP(=O)([O-])CP(=O)([O-])[O-]. The van der Waals surface area contributed by atoms with Gasteiger partial charge in [-0.05, 0) is 72.4 Å². The number of unbranched alkanes of at least 4 members (excludes halogenated alkanes) is 1. The van der Waals surface area contributed by atoms with Crippen LogP contribution in [0.25, 0.3) is 0 Å². The molecule has 1 atom stereocenters. The van der Waals surface area contributed by atoms with Crippen LogP contribution in [-0.4, -0.2) is 12.1 Å². The molecule has 1 unspecified atom stereocenters. The van der Waals surface area contributed by atoms with Gasteiger partial charge in [0, 0.05) is 13.3 Å². The molecule has 0 rings (SSSR count). The topological polar surface area (TPSA) is 103 Å². The number of hydrogen-bond donors (Lipinski definition) is 0. The van der Waals surface area contributed by atoms with Crippen molar-refractivity contribution in [2.24, 2.45) is 0 Å². The zero-order chi connectivity index (χ0) is 19.5. The summed E-state index contributed by atoms with van der Waals surface area (Å²) in [5, 5.41) is 0. The Morgan fingerprint density at radius 3 is 1.76 bits per heavy atom. The fraction of sp³-hybridized carbons (Fsp3) is 0.667. The molecule has 0 amide bonds. The summed E-state index contributed by atoms with van der Waals surface area (Å²) in [5.41, 5.74) is 3.90. The smallest absolute Gasteiger partial charge is 0.0196 e. The molecule has 0 saturated carbocycles. The minimum atomic E-state index is -4.99. The zero-order valence-electron chi connectivity index (χ0n) is 15.8. The Kier molecular flexibility index (Phi) is 11.8. The maximum Gasteiger partial charge on any atom is 0.0196 e. The fourth-order valence-corrected chi connectivity index (χ4v) is 5.70. The molecule has 0 saturated heterocycles. The maximum atomic E-state index is 11.5. The van der Waals surface area contributed by atoms with E-state index in [2.05, 4.69) is 32.9 Å². The van der Waals surface area contributed by atoms with E-state index in [1.807, 2.05) is 13.0 Å². The van der Waals surface area contributed by atoms with E-state index in [1.54, 1.807) is 0 Å². The molecule has 0 heterocycles. The third-order valence-electron chi connectivity index (χ3n) is 3.71. The minimum Gasteiger partial charge on any atom is -0.810 e. The molecule has 7 heteroatoms. The molecule has 0 aromatic carbocycles. The van der Waals surface area contributed by atoms with Crippen LogP contribution in [-0.2, 0) is 9.13 Å². The second-order valence-electron chi connectivity index (χ2n) is 6.89. The molecule has 0 fully saturated rings. The van der Waals surface area contributed by atoms with Gasteiger partial charge in [-0.3, -0.25) is 0 Å². The molecular weight excluding hydrogens is 358 g/mol. The Morgan fingerprint density at radius 2 is 1.28 bits per heavy atom. The van der Waals surface area contributed by atoms with Gasteiger partial charge in [-0.1, -0.05) is 42.5 Å². The predicted molar refractivity (Wildman–Crippen MR) is 99.6 cm³/mol. The summed E-state index contributed by atoms with van der Waals surface area (Å²) in [6.07, 6.45) is 11.1. The van der Waals surface area contributed by atoms with E-state index in [-0.39, 0.29) is 6.16 Å². The van der Waals surface area contributed by atoms with Crippen LogP contribution in [0.3, 0.4) is 0 Å². The van der Waals surface area contributed by atoms with Crippen molar-refractivity contribution < 1.29 is 23.8 Å². The summed E-state index contributed by atoms with van der Waals surface area (Å²) in [4.78, 5) is 32.6. The van der Waals surface area contributed by atoms with Gasteiger partial charge in [0.2, 0.25) is 0 Å². The molecule has 0 spiro atoms. The first kappa shape index (κ1) is 24.6. The third-order valence-corrected chi connectivity index (χ3v) is 7.81. The monoisotopic (exact) mass is 389 g/mol. The van der Waals surface area contributed by atoms with Crippen LogP contribution in [0.1, 0.15) is 66.2 Å². The lowest BCUT2D eigenvalue weighted by Crippen LogP contribution is -2.21. The van der Waals surface area contributed by atoms with Crippen molar-refractivity contribution in [3.8, 4) is 0 Å². The first-order valence-corrected chi connectivity index (χ1v) is 12.4. The van der Waals surface area contributed by atoms with E-state index >= 15 is 0 Å². The van der Waals surface area contributed by atoms with E-state index < -0.39 is 20.9 Å². The second kappa shape index (κ2) is 12.0. The standard InChI is InChI=1S/C18H34O5P2/c1-16(2)9-7-11-18(4)13-8-12-17(3)10-5-6-14-24(19,20)15-25(21,22)23/h9-10,13H,5-8,11-12,14-15H2,1-4H3,(H,19,20)(H2,21,22,23)/p-3/b17-10+,18-13+. The Balaban J connectivity index is 4.08. The van der Waals surface area contributed by atoms with Crippen LogP contribution in [0.5, 0.6) is 0 Å². The van der Waals surface area contributed by atoms with Gasteiger partial charge in [0.1, 0.15) is 0 Å². The van der Waals surface area contributed by atoms with Gasteiger partial charge in [0.05, 0.1) is 0 Å². The average Bonchev–Trinajstić information content (AvgIpc) is 2.40. The molecule has 0 radical (unpaired) electrons. The normalized spacial score (nSPS) is 15.8. The minimum absolute atomic E-state index is 0.241. The third kappa shape index (κ3) is 16.8. The lowest BCUT2D eigenvalue weighted by Gasteiger charge is -2.36. The van der Waals surface area contributed by atoms with Gasteiger partial charge in [0.25, 0.3) is 0 Å². The van der Waals surface area contributed by atoms with E-state index in [0.717, 1.165) is 25.7 Å². The highest BCUT2D eigenvalue weighted by Gasteiger charge is 2.09. The molecule has 0 aromatic heterocycles. The second-order valence-corrected chi connectivity index (χ2v) is 11.3. The van der Waals surface area contributed by atoms with E-state index in [9.17, 15) is 23.8 Å². The largest absolute Gasteiger partial charge is 0.810 e. The van der Waals surface area contributed by atoms with Crippen LogP contribution in [0.2, 0.25) is 0 Å². The molecule has 0 N–H and O–H groups in total. The summed E-state index contributed by atoms with van der Waals surface area (Å²) >= 11 is 0. The Bertz CT molecular complexity index is 580. The summed E-state index contributed by atoms with van der Waals surface area (Å²) in [5.74, 6) is -1.25. The van der Waals surface area contributed by atoms with Crippen molar-refractivity contribution in [3.63, 3.8) is 0 Å². The van der Waals surface area contributed by atoms with Gasteiger partial charge in [0.15, 0.2) is 0 Å². The number of hydrogen-bond acceptors (Lipinski definition) is 5. The summed E-state index contributed by atoms with van der Waals surface area (Å²) < 4.78 is 22.0. The van der Waals surface area contributed by atoms with Gasteiger partial charge < -0.3 is 23.8 Å². The van der Waals surface area contributed by atoms with Gasteiger partial charge >= 0.3 is 0 Å². The molecule has 25 heavy (non-hydrogen) atoms. The first-order chi connectivity index (χ1) is 11.4. The van der Waals surface area contributed by atoms with Crippen LogP contribution < -0.4 is 14.7 Å². The molecule has 146 valence electrons.